The second-order valence-corrected chi connectivity index (χ2v) is 4.86. The highest BCUT2D eigenvalue weighted by Gasteiger charge is 2.09. The average Bonchev–Trinajstić information content (AvgIpc) is 2.77. The molecule has 2 aromatic rings. The van der Waals surface area contributed by atoms with Gasteiger partial charge in [-0.05, 0) is 30.7 Å². The Hall–Kier alpha value is -1.66. The van der Waals surface area contributed by atoms with E-state index < -0.39 is 5.91 Å². The van der Waals surface area contributed by atoms with E-state index in [9.17, 15) is 4.79 Å². The Labute approximate surface area is 113 Å². The Morgan fingerprint density at radius 2 is 2.17 bits per heavy atom. The van der Waals surface area contributed by atoms with Gasteiger partial charge in [0.2, 0.25) is 0 Å². The molecule has 1 amide bonds. The highest BCUT2D eigenvalue weighted by atomic mass is 79.9. The molecule has 0 spiro atoms. The van der Waals surface area contributed by atoms with E-state index in [1.807, 2.05) is 25.1 Å². The zero-order valence-corrected chi connectivity index (χ0v) is 11.4. The van der Waals surface area contributed by atoms with E-state index in [0.29, 0.717) is 0 Å². The third-order valence-corrected chi connectivity index (χ3v) is 3.27. The minimum atomic E-state index is -0.542. The average molecular weight is 309 g/mol. The predicted molar refractivity (Wildman–Crippen MR) is 72.4 cm³/mol. The topological polar surface area (TPSA) is 86.9 Å². The number of amides is 1. The fourth-order valence-corrected chi connectivity index (χ4v) is 2.35. The number of carbonyl (C=O) groups excluding carboxylic acids is 1. The first kappa shape index (κ1) is 12.8. The van der Waals surface area contributed by atoms with Crippen LogP contribution in [0.5, 0.6) is 0 Å². The summed E-state index contributed by atoms with van der Waals surface area (Å²) in [6.07, 6.45) is 1.69. The van der Waals surface area contributed by atoms with Gasteiger partial charge in [-0.3, -0.25) is 4.79 Å². The summed E-state index contributed by atoms with van der Waals surface area (Å²) < 4.78 is 2.50. The van der Waals surface area contributed by atoms with Crippen LogP contribution in [0, 0.1) is 0 Å². The molecule has 0 radical (unpaired) electrons. The molecule has 1 heterocycles. The molecule has 0 saturated carbocycles. The highest BCUT2D eigenvalue weighted by molar-refractivity contribution is 9.10. The number of hydrogen-bond acceptors (Lipinski definition) is 3. The summed E-state index contributed by atoms with van der Waals surface area (Å²) in [4.78, 5) is 11.0. The first-order valence-electron chi connectivity index (χ1n) is 5.40. The zero-order valence-electron chi connectivity index (χ0n) is 9.80. The van der Waals surface area contributed by atoms with Gasteiger partial charge in [0.15, 0.2) is 0 Å². The number of nitrogens with zero attached hydrogens (tertiary/aromatic N) is 2. The van der Waals surface area contributed by atoms with Gasteiger partial charge in [0.25, 0.3) is 5.91 Å². The van der Waals surface area contributed by atoms with E-state index in [0.717, 1.165) is 15.7 Å². The van der Waals surface area contributed by atoms with Crippen LogP contribution in [-0.4, -0.2) is 15.7 Å². The van der Waals surface area contributed by atoms with Crippen molar-refractivity contribution >= 4 is 21.8 Å². The van der Waals surface area contributed by atoms with Gasteiger partial charge in [-0.1, -0.05) is 22.0 Å². The minimum absolute atomic E-state index is 0.0489. The molecule has 1 aromatic carbocycles. The van der Waals surface area contributed by atoms with Crippen molar-refractivity contribution in [3.63, 3.8) is 0 Å². The van der Waals surface area contributed by atoms with Crippen LogP contribution in [0.3, 0.4) is 0 Å². The summed E-state index contributed by atoms with van der Waals surface area (Å²) in [5, 5.41) is 4.09. The van der Waals surface area contributed by atoms with Crippen molar-refractivity contribution in [1.29, 1.82) is 0 Å². The number of carbonyl (C=O) groups is 1. The van der Waals surface area contributed by atoms with E-state index in [1.165, 1.54) is 0 Å². The standard InChI is InChI=1S/C12H13BrN4O/c1-7(14)9-3-2-8(6-10(9)13)17-5-4-11(16-17)12(15)18/h2-7H,14H2,1H3,(H2,15,18). The maximum atomic E-state index is 11.0. The molecule has 94 valence electrons. The lowest BCUT2D eigenvalue weighted by molar-refractivity contribution is 0.0995. The van der Waals surface area contributed by atoms with Crippen LogP contribution in [-0.2, 0) is 0 Å². The molecule has 6 heteroatoms. The van der Waals surface area contributed by atoms with Gasteiger partial charge in [0.05, 0.1) is 5.69 Å². The number of hydrogen-bond donors (Lipinski definition) is 2. The van der Waals surface area contributed by atoms with Gasteiger partial charge < -0.3 is 11.5 Å². The Kier molecular flexibility index (Phi) is 3.49. The Bertz CT molecular complexity index is 592. The summed E-state index contributed by atoms with van der Waals surface area (Å²) in [5.74, 6) is -0.542. The Balaban J connectivity index is 2.39. The molecule has 5 nitrogen and oxygen atoms in total. The third kappa shape index (κ3) is 2.44. The third-order valence-electron chi connectivity index (χ3n) is 2.58. The zero-order chi connectivity index (χ0) is 13.3. The van der Waals surface area contributed by atoms with Crippen LogP contribution in [0.2, 0.25) is 0 Å². The normalized spacial score (nSPS) is 12.4. The second kappa shape index (κ2) is 4.91. The van der Waals surface area contributed by atoms with Crippen molar-refractivity contribution in [1.82, 2.24) is 9.78 Å². The minimum Gasteiger partial charge on any atom is -0.364 e. The van der Waals surface area contributed by atoms with Gasteiger partial charge in [-0.15, -0.1) is 0 Å². The molecular formula is C12H13BrN4O. The smallest absolute Gasteiger partial charge is 0.269 e. The lowest BCUT2D eigenvalue weighted by Gasteiger charge is -2.10. The predicted octanol–water partition coefficient (Wildman–Crippen LogP) is 1.75. The van der Waals surface area contributed by atoms with E-state index in [1.54, 1.807) is 16.9 Å². The molecule has 0 fully saturated rings. The van der Waals surface area contributed by atoms with Gasteiger partial charge in [0, 0.05) is 16.7 Å². The van der Waals surface area contributed by atoms with E-state index >= 15 is 0 Å². The van der Waals surface area contributed by atoms with E-state index in [4.69, 9.17) is 11.5 Å². The van der Waals surface area contributed by atoms with E-state index in [2.05, 4.69) is 21.0 Å². The molecule has 0 aliphatic rings. The maximum Gasteiger partial charge on any atom is 0.269 e. The number of aromatic nitrogens is 2. The number of halogens is 1. The van der Waals surface area contributed by atoms with Crippen molar-refractivity contribution in [3.05, 3.63) is 46.2 Å². The molecule has 1 atom stereocenters. The Morgan fingerprint density at radius 3 is 2.67 bits per heavy atom. The fraction of sp³-hybridized carbons (Fsp3) is 0.167. The summed E-state index contributed by atoms with van der Waals surface area (Å²) in [6, 6.07) is 7.25. The second-order valence-electron chi connectivity index (χ2n) is 4.00. The van der Waals surface area contributed by atoms with Crippen LogP contribution in [0.25, 0.3) is 5.69 Å². The molecule has 0 aliphatic carbocycles. The largest absolute Gasteiger partial charge is 0.364 e. The Morgan fingerprint density at radius 1 is 1.44 bits per heavy atom. The number of rotatable bonds is 3. The summed E-state index contributed by atoms with van der Waals surface area (Å²) in [7, 11) is 0. The maximum absolute atomic E-state index is 11.0. The molecule has 18 heavy (non-hydrogen) atoms. The fourth-order valence-electron chi connectivity index (χ4n) is 1.63. The SMILES string of the molecule is CC(N)c1ccc(-n2ccc(C(N)=O)n2)cc1Br. The lowest BCUT2D eigenvalue weighted by Crippen LogP contribution is -2.12. The lowest BCUT2D eigenvalue weighted by atomic mass is 10.1. The number of benzene rings is 1. The molecule has 0 aliphatic heterocycles. The van der Waals surface area contributed by atoms with Gasteiger partial charge in [-0.2, -0.15) is 5.10 Å². The first-order chi connectivity index (χ1) is 8.49. The molecule has 0 bridgehead atoms. The van der Waals surface area contributed by atoms with Crippen molar-refractivity contribution in [2.45, 2.75) is 13.0 Å². The monoisotopic (exact) mass is 308 g/mol. The number of nitrogens with two attached hydrogens (primary N) is 2. The van der Waals surface area contributed by atoms with Crippen molar-refractivity contribution < 1.29 is 4.79 Å². The van der Waals surface area contributed by atoms with Gasteiger partial charge in [-0.25, -0.2) is 4.68 Å². The highest BCUT2D eigenvalue weighted by Crippen LogP contribution is 2.24. The van der Waals surface area contributed by atoms with Crippen LogP contribution in [0.15, 0.2) is 34.9 Å². The molecular weight excluding hydrogens is 296 g/mol. The molecule has 2 rings (SSSR count). The molecule has 0 saturated heterocycles. The van der Waals surface area contributed by atoms with Crippen LogP contribution >= 0.6 is 15.9 Å². The van der Waals surface area contributed by atoms with Crippen LogP contribution < -0.4 is 11.5 Å². The quantitative estimate of drug-likeness (QED) is 0.905. The van der Waals surface area contributed by atoms with Crippen molar-refractivity contribution in [3.8, 4) is 5.69 Å². The number of primary amides is 1. The van der Waals surface area contributed by atoms with Crippen molar-refractivity contribution in [2.75, 3.05) is 0 Å². The van der Waals surface area contributed by atoms with E-state index in [-0.39, 0.29) is 11.7 Å². The van der Waals surface area contributed by atoms with Gasteiger partial charge >= 0.3 is 0 Å². The first-order valence-corrected chi connectivity index (χ1v) is 6.19. The summed E-state index contributed by atoms with van der Waals surface area (Å²) >= 11 is 3.47. The van der Waals surface area contributed by atoms with Gasteiger partial charge in [0.1, 0.15) is 5.69 Å². The summed E-state index contributed by atoms with van der Waals surface area (Å²) in [5.41, 5.74) is 13.1. The van der Waals surface area contributed by atoms with Crippen LogP contribution in [0.4, 0.5) is 0 Å². The molecule has 1 unspecified atom stereocenters. The summed E-state index contributed by atoms with van der Waals surface area (Å²) in [6.45, 7) is 1.92. The molecule has 1 aromatic heterocycles. The molecule has 4 N–H and O–H groups in total. The van der Waals surface area contributed by atoms with Crippen molar-refractivity contribution in [2.24, 2.45) is 11.5 Å². The van der Waals surface area contributed by atoms with Crippen LogP contribution in [0.1, 0.15) is 29.0 Å².